The van der Waals surface area contributed by atoms with E-state index < -0.39 is 0 Å². The Morgan fingerprint density at radius 2 is 1.93 bits per heavy atom. The number of rotatable bonds is 2. The first-order valence-electron chi connectivity index (χ1n) is 5.50. The van der Waals surface area contributed by atoms with Crippen molar-refractivity contribution in [1.82, 2.24) is 0 Å². The number of piperidine rings is 1. The molecule has 3 nitrogen and oxygen atoms in total. The maximum absolute atomic E-state index is 5.73. The molecule has 1 saturated heterocycles. The van der Waals surface area contributed by atoms with Gasteiger partial charge in [-0.05, 0) is 31.4 Å². The minimum Gasteiger partial charge on any atom is -0.495 e. The summed E-state index contributed by atoms with van der Waals surface area (Å²) in [5, 5.41) is 0. The summed E-state index contributed by atoms with van der Waals surface area (Å²) in [6.07, 6.45) is 3.88. The van der Waals surface area contributed by atoms with E-state index >= 15 is 0 Å². The molecule has 0 unspecified atom stereocenters. The van der Waals surface area contributed by atoms with E-state index in [1.165, 1.54) is 24.9 Å². The number of hydrogen-bond acceptors (Lipinski definition) is 3. The molecular weight excluding hydrogens is 188 g/mol. The van der Waals surface area contributed by atoms with Crippen molar-refractivity contribution in [2.45, 2.75) is 19.3 Å². The zero-order chi connectivity index (χ0) is 10.7. The summed E-state index contributed by atoms with van der Waals surface area (Å²) in [4.78, 5) is 2.38. The zero-order valence-corrected chi connectivity index (χ0v) is 9.20. The number of benzene rings is 1. The molecule has 1 fully saturated rings. The van der Waals surface area contributed by atoms with Crippen LogP contribution in [0.5, 0.6) is 5.75 Å². The Morgan fingerprint density at radius 1 is 1.20 bits per heavy atom. The zero-order valence-electron chi connectivity index (χ0n) is 9.20. The van der Waals surface area contributed by atoms with Crippen molar-refractivity contribution in [1.29, 1.82) is 0 Å². The van der Waals surface area contributed by atoms with Crippen LogP contribution < -0.4 is 15.4 Å². The van der Waals surface area contributed by atoms with Gasteiger partial charge in [0, 0.05) is 24.8 Å². The van der Waals surface area contributed by atoms with Gasteiger partial charge in [-0.3, -0.25) is 0 Å². The molecule has 2 rings (SSSR count). The molecule has 0 saturated carbocycles. The van der Waals surface area contributed by atoms with E-state index in [2.05, 4.69) is 11.0 Å². The number of methoxy groups -OCH3 is 1. The van der Waals surface area contributed by atoms with Crippen LogP contribution in [0.15, 0.2) is 18.2 Å². The SMILES string of the molecule is COc1cc(N)ccc1N1CCCCC1. The molecule has 0 atom stereocenters. The fourth-order valence-electron chi connectivity index (χ4n) is 2.09. The average molecular weight is 206 g/mol. The molecule has 1 aliphatic heterocycles. The van der Waals surface area contributed by atoms with Gasteiger partial charge in [0.25, 0.3) is 0 Å². The third kappa shape index (κ3) is 2.17. The molecule has 0 aromatic heterocycles. The van der Waals surface area contributed by atoms with Gasteiger partial charge in [0.15, 0.2) is 0 Å². The van der Waals surface area contributed by atoms with Crippen LogP contribution in [-0.4, -0.2) is 20.2 Å². The minimum absolute atomic E-state index is 0.757. The molecular formula is C12H18N2O. The lowest BCUT2D eigenvalue weighted by molar-refractivity contribution is 0.413. The summed E-state index contributed by atoms with van der Waals surface area (Å²) in [5.41, 5.74) is 7.66. The van der Waals surface area contributed by atoms with Crippen molar-refractivity contribution in [2.24, 2.45) is 0 Å². The van der Waals surface area contributed by atoms with Crippen LogP contribution >= 0.6 is 0 Å². The maximum atomic E-state index is 5.73. The smallest absolute Gasteiger partial charge is 0.144 e. The number of nitrogens with zero attached hydrogens (tertiary/aromatic N) is 1. The molecule has 1 heterocycles. The van der Waals surface area contributed by atoms with E-state index in [1.54, 1.807) is 7.11 Å². The van der Waals surface area contributed by atoms with Crippen molar-refractivity contribution in [3.8, 4) is 5.75 Å². The van der Waals surface area contributed by atoms with Gasteiger partial charge in [-0.2, -0.15) is 0 Å². The van der Waals surface area contributed by atoms with E-state index in [4.69, 9.17) is 10.5 Å². The molecule has 82 valence electrons. The Labute approximate surface area is 90.8 Å². The number of anilines is 2. The molecule has 1 aromatic rings. The van der Waals surface area contributed by atoms with Gasteiger partial charge in [0.05, 0.1) is 12.8 Å². The third-order valence-electron chi connectivity index (χ3n) is 2.90. The van der Waals surface area contributed by atoms with Crippen molar-refractivity contribution < 1.29 is 4.74 Å². The van der Waals surface area contributed by atoms with Gasteiger partial charge in [-0.15, -0.1) is 0 Å². The first kappa shape index (κ1) is 10.1. The second kappa shape index (κ2) is 4.43. The van der Waals surface area contributed by atoms with Crippen LogP contribution in [-0.2, 0) is 0 Å². The fourth-order valence-corrected chi connectivity index (χ4v) is 2.09. The van der Waals surface area contributed by atoms with E-state index in [9.17, 15) is 0 Å². The molecule has 0 aliphatic carbocycles. The van der Waals surface area contributed by atoms with Crippen LogP contribution in [0.25, 0.3) is 0 Å². The average Bonchev–Trinajstić information content (AvgIpc) is 2.30. The summed E-state index contributed by atoms with van der Waals surface area (Å²) in [6, 6.07) is 5.88. The quantitative estimate of drug-likeness (QED) is 0.754. The van der Waals surface area contributed by atoms with Crippen molar-refractivity contribution in [2.75, 3.05) is 30.8 Å². The van der Waals surface area contributed by atoms with Gasteiger partial charge < -0.3 is 15.4 Å². The molecule has 3 heteroatoms. The second-order valence-corrected chi connectivity index (χ2v) is 3.98. The predicted molar refractivity (Wildman–Crippen MR) is 63.5 cm³/mol. The number of nitrogen functional groups attached to an aromatic ring is 1. The summed E-state index contributed by atoms with van der Waals surface area (Å²) < 4.78 is 5.36. The molecule has 2 N–H and O–H groups in total. The topological polar surface area (TPSA) is 38.5 Å². The molecule has 0 radical (unpaired) electrons. The summed E-state index contributed by atoms with van der Waals surface area (Å²) in [7, 11) is 1.70. The summed E-state index contributed by atoms with van der Waals surface area (Å²) in [6.45, 7) is 2.25. The maximum Gasteiger partial charge on any atom is 0.144 e. The van der Waals surface area contributed by atoms with Gasteiger partial charge in [0.1, 0.15) is 5.75 Å². The lowest BCUT2D eigenvalue weighted by atomic mass is 10.1. The van der Waals surface area contributed by atoms with E-state index in [1.807, 2.05) is 12.1 Å². The first-order valence-corrected chi connectivity index (χ1v) is 5.50. The van der Waals surface area contributed by atoms with E-state index in [0.29, 0.717) is 0 Å². The van der Waals surface area contributed by atoms with Gasteiger partial charge in [-0.25, -0.2) is 0 Å². The Balaban J connectivity index is 2.25. The summed E-state index contributed by atoms with van der Waals surface area (Å²) >= 11 is 0. The molecule has 1 aliphatic rings. The Bertz CT molecular complexity index is 332. The third-order valence-corrected chi connectivity index (χ3v) is 2.90. The number of hydrogen-bond donors (Lipinski definition) is 1. The van der Waals surface area contributed by atoms with Gasteiger partial charge in [-0.1, -0.05) is 0 Å². The van der Waals surface area contributed by atoms with Crippen molar-refractivity contribution in [3.05, 3.63) is 18.2 Å². The van der Waals surface area contributed by atoms with Crippen LogP contribution in [0.1, 0.15) is 19.3 Å². The molecule has 0 spiro atoms. The standard InChI is InChI=1S/C12H18N2O/c1-15-12-9-10(13)5-6-11(12)14-7-3-2-4-8-14/h5-6,9H,2-4,7-8,13H2,1H3. The van der Waals surface area contributed by atoms with Gasteiger partial charge in [0.2, 0.25) is 0 Å². The normalized spacial score (nSPS) is 16.5. The van der Waals surface area contributed by atoms with Crippen LogP contribution in [0.3, 0.4) is 0 Å². The van der Waals surface area contributed by atoms with Gasteiger partial charge >= 0.3 is 0 Å². The number of ether oxygens (including phenoxy) is 1. The second-order valence-electron chi connectivity index (χ2n) is 3.98. The highest BCUT2D eigenvalue weighted by atomic mass is 16.5. The largest absolute Gasteiger partial charge is 0.495 e. The Hall–Kier alpha value is -1.38. The Morgan fingerprint density at radius 3 is 2.60 bits per heavy atom. The fraction of sp³-hybridized carbons (Fsp3) is 0.500. The van der Waals surface area contributed by atoms with E-state index in [-0.39, 0.29) is 0 Å². The minimum atomic E-state index is 0.757. The van der Waals surface area contributed by atoms with Crippen LogP contribution in [0, 0.1) is 0 Å². The lowest BCUT2D eigenvalue weighted by Crippen LogP contribution is -2.29. The highest BCUT2D eigenvalue weighted by Gasteiger charge is 2.14. The predicted octanol–water partition coefficient (Wildman–Crippen LogP) is 2.27. The highest BCUT2D eigenvalue weighted by Crippen LogP contribution is 2.31. The monoisotopic (exact) mass is 206 g/mol. The molecule has 15 heavy (non-hydrogen) atoms. The molecule has 0 bridgehead atoms. The van der Waals surface area contributed by atoms with Crippen LogP contribution in [0.4, 0.5) is 11.4 Å². The first-order chi connectivity index (χ1) is 7.31. The van der Waals surface area contributed by atoms with Crippen molar-refractivity contribution >= 4 is 11.4 Å². The number of nitrogens with two attached hydrogens (primary N) is 1. The summed E-state index contributed by atoms with van der Waals surface area (Å²) in [5.74, 6) is 0.886. The van der Waals surface area contributed by atoms with E-state index in [0.717, 1.165) is 24.5 Å². The lowest BCUT2D eigenvalue weighted by Gasteiger charge is -2.30. The highest BCUT2D eigenvalue weighted by molar-refractivity contribution is 5.64. The molecule has 1 aromatic carbocycles. The Kier molecular flexibility index (Phi) is 2.99. The van der Waals surface area contributed by atoms with Crippen molar-refractivity contribution in [3.63, 3.8) is 0 Å². The van der Waals surface area contributed by atoms with Crippen LogP contribution in [0.2, 0.25) is 0 Å². The molecule has 0 amide bonds.